The first-order chi connectivity index (χ1) is 5.68. The topological polar surface area (TPSA) is 63.3 Å². The maximum Gasteiger partial charge on any atom is 0.320 e. The van der Waals surface area contributed by atoms with Crippen LogP contribution in [0.1, 0.15) is 19.3 Å². The van der Waals surface area contributed by atoms with Crippen molar-refractivity contribution >= 4 is 17.6 Å². The second kappa shape index (κ2) is 6.96. The normalized spacial score (nSPS) is 11.5. The third kappa shape index (κ3) is 6.02. The van der Waals surface area contributed by atoms with Crippen LogP contribution in [0.25, 0.3) is 0 Å². The lowest BCUT2D eigenvalue weighted by Crippen LogP contribution is -2.29. The van der Waals surface area contributed by atoms with Crippen molar-refractivity contribution in [1.29, 1.82) is 0 Å². The lowest BCUT2D eigenvalue weighted by atomic mass is 10.1. The molecular formula is C8H12ClNO2. The number of carbonyl (C=O) groups is 1. The molecule has 3 N–H and O–H groups in total. The second-order valence-corrected chi connectivity index (χ2v) is 2.59. The van der Waals surface area contributed by atoms with Gasteiger partial charge in [0, 0.05) is 6.42 Å². The Morgan fingerprint density at radius 3 is 2.75 bits per heavy atom. The van der Waals surface area contributed by atoms with E-state index in [-0.39, 0.29) is 0 Å². The van der Waals surface area contributed by atoms with Gasteiger partial charge in [-0.3, -0.25) is 4.79 Å². The van der Waals surface area contributed by atoms with E-state index >= 15 is 0 Å². The molecule has 1 unspecified atom stereocenters. The highest BCUT2D eigenvalue weighted by molar-refractivity contribution is 6.19. The Labute approximate surface area is 76.9 Å². The van der Waals surface area contributed by atoms with E-state index in [1.165, 1.54) is 0 Å². The van der Waals surface area contributed by atoms with Gasteiger partial charge in [-0.15, -0.1) is 17.5 Å². The Kier molecular flexibility index (Phi) is 6.54. The highest BCUT2D eigenvalue weighted by atomic mass is 35.5. The molecule has 3 nitrogen and oxygen atoms in total. The van der Waals surface area contributed by atoms with Crippen LogP contribution in [0.3, 0.4) is 0 Å². The first kappa shape index (κ1) is 11.3. The Hall–Kier alpha value is -0.720. The first-order valence-corrected chi connectivity index (χ1v) is 4.22. The van der Waals surface area contributed by atoms with Crippen LogP contribution < -0.4 is 5.73 Å². The molecule has 0 aromatic carbocycles. The maximum atomic E-state index is 10.2. The summed E-state index contributed by atoms with van der Waals surface area (Å²) in [5, 5.41) is 8.40. The van der Waals surface area contributed by atoms with Crippen molar-refractivity contribution in [2.75, 3.05) is 5.88 Å². The summed E-state index contributed by atoms with van der Waals surface area (Å²) < 4.78 is 0. The van der Waals surface area contributed by atoms with E-state index < -0.39 is 12.0 Å². The molecule has 0 rings (SSSR count). The number of nitrogens with two attached hydrogens (primary N) is 1. The summed E-state index contributed by atoms with van der Waals surface area (Å²) in [7, 11) is 0. The van der Waals surface area contributed by atoms with Crippen LogP contribution in [0.15, 0.2) is 0 Å². The molecule has 0 radical (unpaired) electrons. The van der Waals surface area contributed by atoms with Crippen LogP contribution in [0.5, 0.6) is 0 Å². The molecule has 0 aromatic rings. The Morgan fingerprint density at radius 2 is 2.25 bits per heavy atom. The van der Waals surface area contributed by atoms with Crippen LogP contribution in [-0.2, 0) is 4.79 Å². The molecule has 0 aromatic heterocycles. The molecule has 0 aliphatic heterocycles. The average Bonchev–Trinajstić information content (AvgIpc) is 2.03. The lowest BCUT2D eigenvalue weighted by molar-refractivity contribution is -0.138. The minimum absolute atomic E-state index is 0.324. The van der Waals surface area contributed by atoms with Gasteiger partial charge in [-0.2, -0.15) is 0 Å². The van der Waals surface area contributed by atoms with Crippen molar-refractivity contribution in [2.24, 2.45) is 5.73 Å². The van der Waals surface area contributed by atoms with E-state index in [1.54, 1.807) is 0 Å². The van der Waals surface area contributed by atoms with Gasteiger partial charge in [0.15, 0.2) is 0 Å². The van der Waals surface area contributed by atoms with Crippen molar-refractivity contribution in [3.8, 4) is 11.8 Å². The molecular weight excluding hydrogens is 178 g/mol. The lowest BCUT2D eigenvalue weighted by Gasteiger charge is -2.02. The number of halogens is 1. The van der Waals surface area contributed by atoms with E-state index in [4.69, 9.17) is 22.4 Å². The Morgan fingerprint density at radius 1 is 1.58 bits per heavy atom. The molecule has 0 saturated heterocycles. The van der Waals surface area contributed by atoms with Crippen molar-refractivity contribution in [3.05, 3.63) is 0 Å². The quantitative estimate of drug-likeness (QED) is 0.391. The van der Waals surface area contributed by atoms with E-state index in [9.17, 15) is 4.79 Å². The maximum absolute atomic E-state index is 10.2. The van der Waals surface area contributed by atoms with Gasteiger partial charge >= 0.3 is 5.97 Å². The summed E-state index contributed by atoms with van der Waals surface area (Å²) >= 11 is 5.30. The van der Waals surface area contributed by atoms with Crippen molar-refractivity contribution in [1.82, 2.24) is 0 Å². The van der Waals surface area contributed by atoms with Gasteiger partial charge in [0.05, 0.1) is 5.88 Å². The second-order valence-electron chi connectivity index (χ2n) is 2.32. The summed E-state index contributed by atoms with van der Waals surface area (Å²) in [6.07, 6.45) is 1.83. The molecule has 68 valence electrons. The summed E-state index contributed by atoms with van der Waals surface area (Å²) in [4.78, 5) is 10.2. The van der Waals surface area contributed by atoms with Crippen molar-refractivity contribution in [3.63, 3.8) is 0 Å². The van der Waals surface area contributed by atoms with Gasteiger partial charge in [0.1, 0.15) is 6.04 Å². The molecule has 1 atom stereocenters. The Balaban J connectivity index is 3.37. The van der Waals surface area contributed by atoms with Gasteiger partial charge in [-0.25, -0.2) is 0 Å². The zero-order valence-electron chi connectivity index (χ0n) is 6.72. The van der Waals surface area contributed by atoms with Gasteiger partial charge in [0.25, 0.3) is 0 Å². The number of aliphatic carboxylic acids is 1. The number of alkyl halides is 1. The van der Waals surface area contributed by atoms with E-state index in [0.29, 0.717) is 25.1 Å². The average molecular weight is 190 g/mol. The van der Waals surface area contributed by atoms with Gasteiger partial charge in [-0.1, -0.05) is 5.92 Å². The molecule has 0 fully saturated rings. The number of rotatable bonds is 4. The fourth-order valence-electron chi connectivity index (χ4n) is 0.669. The number of carboxylic acid groups (broad SMARTS) is 1. The summed E-state index contributed by atoms with van der Waals surface area (Å²) in [6, 6.07) is -0.761. The number of unbranched alkanes of at least 4 members (excludes halogenated alkanes) is 1. The summed E-state index contributed by atoms with van der Waals surface area (Å²) in [6.45, 7) is 0. The van der Waals surface area contributed by atoms with Crippen LogP contribution in [0.2, 0.25) is 0 Å². The Bertz CT molecular complexity index is 195. The highest BCUT2D eigenvalue weighted by Crippen LogP contribution is 1.97. The highest BCUT2D eigenvalue weighted by Gasteiger charge is 2.09. The van der Waals surface area contributed by atoms with Gasteiger partial charge in [-0.05, 0) is 12.8 Å². The molecule has 4 heteroatoms. The zero-order valence-corrected chi connectivity index (χ0v) is 7.47. The molecule has 0 aliphatic rings. The SMILES string of the molecule is NC(CCCC#CCCl)C(=O)O. The molecule has 0 spiro atoms. The van der Waals surface area contributed by atoms with E-state index in [1.807, 2.05) is 0 Å². The molecule has 0 bridgehead atoms. The van der Waals surface area contributed by atoms with Gasteiger partial charge in [0.2, 0.25) is 0 Å². The molecule has 0 aliphatic carbocycles. The molecule has 12 heavy (non-hydrogen) atoms. The number of hydrogen-bond acceptors (Lipinski definition) is 2. The van der Waals surface area contributed by atoms with Gasteiger partial charge < -0.3 is 10.8 Å². The van der Waals surface area contributed by atoms with Crippen LogP contribution in [0, 0.1) is 11.8 Å². The molecule has 0 saturated carbocycles. The predicted molar refractivity (Wildman–Crippen MR) is 48.0 cm³/mol. The van der Waals surface area contributed by atoms with E-state index in [2.05, 4.69) is 11.8 Å². The molecule has 0 amide bonds. The largest absolute Gasteiger partial charge is 0.480 e. The summed E-state index contributed by atoms with van der Waals surface area (Å²) in [5.74, 6) is 4.84. The third-order valence-electron chi connectivity index (χ3n) is 1.33. The van der Waals surface area contributed by atoms with Crippen LogP contribution in [-0.4, -0.2) is 23.0 Å². The zero-order chi connectivity index (χ0) is 9.40. The van der Waals surface area contributed by atoms with Crippen LogP contribution >= 0.6 is 11.6 Å². The minimum atomic E-state index is -0.958. The van der Waals surface area contributed by atoms with E-state index in [0.717, 1.165) is 0 Å². The standard InChI is InChI=1S/C8H12ClNO2/c9-6-4-2-1-3-5-7(10)8(11)12/h7H,1,3,5-6,10H2,(H,11,12). The monoisotopic (exact) mass is 189 g/mol. The predicted octanol–water partition coefficient (Wildman–Crippen LogP) is 0.811. The third-order valence-corrected chi connectivity index (χ3v) is 1.46. The number of hydrogen-bond donors (Lipinski definition) is 2. The number of carboxylic acids is 1. The summed E-state index contributed by atoms with van der Waals surface area (Å²) in [5.41, 5.74) is 5.26. The van der Waals surface area contributed by atoms with Crippen molar-refractivity contribution < 1.29 is 9.90 Å². The smallest absolute Gasteiger partial charge is 0.320 e. The molecule has 0 heterocycles. The first-order valence-electron chi connectivity index (χ1n) is 3.68. The fourth-order valence-corrected chi connectivity index (χ4v) is 0.764. The van der Waals surface area contributed by atoms with Crippen LogP contribution in [0.4, 0.5) is 0 Å². The van der Waals surface area contributed by atoms with Crippen molar-refractivity contribution in [2.45, 2.75) is 25.3 Å². The fraction of sp³-hybridized carbons (Fsp3) is 0.625. The minimum Gasteiger partial charge on any atom is -0.480 e.